The molecular formula is C19H18Cl3F3N4O2S. The first kappa shape index (κ1) is 24.9. The molecule has 0 bridgehead atoms. The molecule has 1 aromatic carbocycles. The van der Waals surface area contributed by atoms with E-state index >= 15 is 0 Å². The summed E-state index contributed by atoms with van der Waals surface area (Å²) >= 11 is 18.4. The highest BCUT2D eigenvalue weighted by molar-refractivity contribution is 8.37. The molecule has 13 heteroatoms. The van der Waals surface area contributed by atoms with Crippen LogP contribution in [0.3, 0.4) is 0 Å². The zero-order chi connectivity index (χ0) is 23.9. The molecule has 0 saturated carbocycles. The van der Waals surface area contributed by atoms with Gasteiger partial charge in [0, 0.05) is 7.05 Å². The van der Waals surface area contributed by atoms with Crippen LogP contribution in [0.25, 0.3) is 0 Å². The monoisotopic (exact) mass is 528 g/mol. The number of hydrogen-bond acceptors (Lipinski definition) is 4. The number of alkyl halides is 6. The number of amides is 3. The average Bonchev–Trinajstić information content (AvgIpc) is 3.26. The van der Waals surface area contributed by atoms with Crippen LogP contribution in [0.4, 0.5) is 23.7 Å². The lowest BCUT2D eigenvalue weighted by atomic mass is 10.2. The van der Waals surface area contributed by atoms with Crippen LogP contribution in [0, 0.1) is 0 Å². The van der Waals surface area contributed by atoms with Gasteiger partial charge in [0.2, 0.25) is 9.63 Å². The largest absolute Gasteiger partial charge is 0.416 e. The molecule has 1 N–H and O–H groups in total. The summed E-state index contributed by atoms with van der Waals surface area (Å²) in [6.45, 7) is 1.91. The molecule has 0 aromatic heterocycles. The van der Waals surface area contributed by atoms with E-state index in [1.54, 1.807) is 0 Å². The van der Waals surface area contributed by atoms with Gasteiger partial charge in [0.1, 0.15) is 0 Å². The minimum atomic E-state index is -4.65. The molecule has 1 fully saturated rings. The van der Waals surface area contributed by atoms with Gasteiger partial charge in [0.15, 0.2) is 6.17 Å². The van der Waals surface area contributed by atoms with E-state index in [9.17, 15) is 22.8 Å². The zero-order valence-electron chi connectivity index (χ0n) is 16.7. The lowest BCUT2D eigenvalue weighted by Gasteiger charge is -2.37. The van der Waals surface area contributed by atoms with Crippen molar-refractivity contribution < 1.29 is 22.8 Å². The highest BCUT2D eigenvalue weighted by Gasteiger charge is 2.45. The SMILES string of the molecule is CCS1(NC(N=C2C(=O)N(C)C(=O)N2c2cccc(C(F)(F)F)c2)C(Cl)(Cl)Cl)C=CC=C1. The van der Waals surface area contributed by atoms with Crippen molar-refractivity contribution in [3.8, 4) is 0 Å². The molecule has 0 radical (unpaired) electrons. The smallest absolute Gasteiger partial charge is 0.265 e. The van der Waals surface area contributed by atoms with Gasteiger partial charge in [0.05, 0.1) is 11.3 Å². The number of halogens is 6. The van der Waals surface area contributed by atoms with Crippen molar-refractivity contribution in [1.82, 2.24) is 9.62 Å². The van der Waals surface area contributed by atoms with Crippen LogP contribution in [0.2, 0.25) is 0 Å². The summed E-state index contributed by atoms with van der Waals surface area (Å²) < 4.78 is 40.7. The Morgan fingerprint density at radius 3 is 2.31 bits per heavy atom. The second kappa shape index (κ2) is 8.90. The number of hydrogen-bond donors (Lipinski definition) is 1. The van der Waals surface area contributed by atoms with E-state index in [4.69, 9.17) is 34.8 Å². The minimum Gasteiger partial charge on any atom is -0.265 e. The van der Waals surface area contributed by atoms with Gasteiger partial charge in [-0.3, -0.25) is 9.69 Å². The van der Waals surface area contributed by atoms with Crippen LogP contribution < -0.4 is 9.62 Å². The molecular weight excluding hydrogens is 512 g/mol. The highest BCUT2D eigenvalue weighted by atomic mass is 35.6. The standard InChI is InChI=1S/C19H18Cl3F3N4O2S/c1-3-32(9-4-5-10-32)27-16(18(20,21)22)26-14-15(30)28(2)17(31)29(14)13-8-6-7-12(11-13)19(23,24)25/h4-11,16,27H,3H2,1-2H3. The van der Waals surface area contributed by atoms with Crippen LogP contribution >= 0.6 is 45.0 Å². The van der Waals surface area contributed by atoms with Crippen molar-refractivity contribution in [2.75, 3.05) is 17.7 Å². The molecule has 2 heterocycles. The fraction of sp³-hybridized carbons (Fsp3) is 0.316. The number of rotatable bonds is 5. The summed E-state index contributed by atoms with van der Waals surface area (Å²) in [7, 11) is -0.537. The third kappa shape index (κ3) is 4.94. The Bertz CT molecular complexity index is 1010. The van der Waals surface area contributed by atoms with Gasteiger partial charge in [-0.15, -0.1) is 10.2 Å². The van der Waals surface area contributed by atoms with Gasteiger partial charge >= 0.3 is 12.2 Å². The summed E-state index contributed by atoms with van der Waals surface area (Å²) in [4.78, 5) is 31.2. The number of imide groups is 1. The normalized spacial score (nSPS) is 21.7. The van der Waals surface area contributed by atoms with Gasteiger partial charge in [-0.05, 0) is 34.8 Å². The summed E-state index contributed by atoms with van der Waals surface area (Å²) in [5.41, 5.74) is -1.18. The van der Waals surface area contributed by atoms with Crippen LogP contribution in [0.15, 0.2) is 52.2 Å². The third-order valence-electron chi connectivity index (χ3n) is 4.74. The second-order valence-corrected chi connectivity index (χ2v) is 12.3. The Labute approximate surface area is 199 Å². The molecule has 174 valence electrons. The number of carbonyl (C=O) groups is 2. The summed E-state index contributed by atoms with van der Waals surface area (Å²) in [6, 6.07) is 3.10. The van der Waals surface area contributed by atoms with Gasteiger partial charge in [-0.25, -0.2) is 19.4 Å². The number of benzene rings is 1. The Kier molecular flexibility index (Phi) is 6.93. The van der Waals surface area contributed by atoms with Crippen LogP contribution in [-0.4, -0.2) is 45.4 Å². The van der Waals surface area contributed by atoms with Gasteiger partial charge in [-0.1, -0.05) is 59.9 Å². The Balaban J connectivity index is 2.09. The first-order valence-electron chi connectivity index (χ1n) is 9.16. The predicted octanol–water partition coefficient (Wildman–Crippen LogP) is 5.57. The fourth-order valence-corrected chi connectivity index (χ4v) is 5.70. The van der Waals surface area contributed by atoms with E-state index in [2.05, 4.69) is 9.71 Å². The van der Waals surface area contributed by atoms with Crippen molar-refractivity contribution >= 4 is 68.5 Å². The third-order valence-corrected chi connectivity index (χ3v) is 8.26. The maximum atomic E-state index is 13.2. The van der Waals surface area contributed by atoms with Crippen molar-refractivity contribution in [3.05, 3.63) is 52.8 Å². The number of allylic oxidation sites excluding steroid dienone is 2. The van der Waals surface area contributed by atoms with Crippen LogP contribution in [-0.2, 0) is 11.0 Å². The van der Waals surface area contributed by atoms with Gasteiger partial charge in [-0.2, -0.15) is 13.2 Å². The Hall–Kier alpha value is -1.72. The Morgan fingerprint density at radius 1 is 1.16 bits per heavy atom. The van der Waals surface area contributed by atoms with Crippen molar-refractivity contribution in [1.29, 1.82) is 0 Å². The molecule has 1 saturated heterocycles. The molecule has 1 unspecified atom stereocenters. The van der Waals surface area contributed by atoms with E-state index in [-0.39, 0.29) is 5.69 Å². The zero-order valence-corrected chi connectivity index (χ0v) is 19.8. The number of urea groups is 1. The highest BCUT2D eigenvalue weighted by Crippen LogP contribution is 2.52. The average molecular weight is 530 g/mol. The molecule has 3 rings (SSSR count). The van der Waals surface area contributed by atoms with Gasteiger partial charge in [0.25, 0.3) is 5.91 Å². The van der Waals surface area contributed by atoms with E-state index in [1.165, 1.54) is 13.1 Å². The second-order valence-electron chi connectivity index (χ2n) is 6.84. The van der Waals surface area contributed by atoms with Crippen molar-refractivity contribution in [2.45, 2.75) is 23.1 Å². The number of aliphatic imine (C=N–C) groups is 1. The van der Waals surface area contributed by atoms with E-state index < -0.39 is 49.7 Å². The molecule has 0 spiro atoms. The maximum absolute atomic E-state index is 13.2. The van der Waals surface area contributed by atoms with Crippen LogP contribution in [0.5, 0.6) is 0 Å². The number of amidine groups is 1. The van der Waals surface area contributed by atoms with E-state index in [0.29, 0.717) is 5.75 Å². The number of carbonyl (C=O) groups excluding carboxylic acids is 2. The lowest BCUT2D eigenvalue weighted by molar-refractivity contribution is -0.137. The molecule has 1 aromatic rings. The van der Waals surface area contributed by atoms with Crippen molar-refractivity contribution in [3.63, 3.8) is 0 Å². The molecule has 0 aliphatic carbocycles. The fourth-order valence-electron chi connectivity index (χ4n) is 3.01. The maximum Gasteiger partial charge on any atom is 0.416 e. The quantitative estimate of drug-likeness (QED) is 0.401. The molecule has 2 aliphatic heterocycles. The molecule has 3 amide bonds. The summed E-state index contributed by atoms with van der Waals surface area (Å²) in [5, 5.41) is 3.80. The molecule has 6 nitrogen and oxygen atoms in total. The molecule has 32 heavy (non-hydrogen) atoms. The first-order chi connectivity index (χ1) is 14.8. The van der Waals surface area contributed by atoms with Crippen molar-refractivity contribution in [2.24, 2.45) is 4.99 Å². The first-order valence-corrected chi connectivity index (χ1v) is 12.2. The topological polar surface area (TPSA) is 65.0 Å². The number of likely N-dealkylation sites (N-methyl/N-ethyl adjacent to an activating group) is 1. The summed E-state index contributed by atoms with van der Waals surface area (Å²) in [6.07, 6.45) is -2.28. The number of anilines is 1. The van der Waals surface area contributed by atoms with Crippen LogP contribution in [0.1, 0.15) is 12.5 Å². The van der Waals surface area contributed by atoms with Gasteiger partial charge < -0.3 is 0 Å². The van der Waals surface area contributed by atoms with E-state index in [1.807, 2.05) is 29.9 Å². The summed E-state index contributed by atoms with van der Waals surface area (Å²) in [5.74, 6) is -0.671. The minimum absolute atomic E-state index is 0.192. The number of nitrogens with zero attached hydrogens (tertiary/aromatic N) is 3. The van der Waals surface area contributed by atoms with E-state index in [0.717, 1.165) is 28.0 Å². The predicted molar refractivity (Wildman–Crippen MR) is 123 cm³/mol. The Morgan fingerprint density at radius 2 is 1.78 bits per heavy atom. The number of nitrogens with one attached hydrogen (secondary N) is 1. The molecule has 2 aliphatic rings. The molecule has 1 atom stereocenters. The lowest BCUT2D eigenvalue weighted by Crippen LogP contribution is -2.42.